The van der Waals surface area contributed by atoms with Crippen LogP contribution < -0.4 is 4.90 Å². The van der Waals surface area contributed by atoms with Crippen LogP contribution in [0, 0.1) is 0 Å². The number of benzene rings is 1. The predicted octanol–water partition coefficient (Wildman–Crippen LogP) is 2.64. The van der Waals surface area contributed by atoms with E-state index in [1.54, 1.807) is 12.3 Å². The van der Waals surface area contributed by atoms with Gasteiger partial charge in [-0.15, -0.1) is 11.3 Å². The van der Waals surface area contributed by atoms with Crippen molar-refractivity contribution in [2.75, 3.05) is 37.7 Å². The molecule has 1 aliphatic heterocycles. The summed E-state index contributed by atoms with van der Waals surface area (Å²) in [4.78, 5) is 20.8. The van der Waals surface area contributed by atoms with E-state index < -0.39 is 0 Å². The van der Waals surface area contributed by atoms with Crippen LogP contribution in [0.2, 0.25) is 0 Å². The van der Waals surface area contributed by atoms with Gasteiger partial charge in [0.15, 0.2) is 10.8 Å². The molecule has 1 fully saturated rings. The molecule has 0 amide bonds. The molecule has 1 aliphatic rings. The Morgan fingerprint density at radius 1 is 1.22 bits per heavy atom. The van der Waals surface area contributed by atoms with Crippen molar-refractivity contribution in [2.24, 2.45) is 0 Å². The van der Waals surface area contributed by atoms with Gasteiger partial charge in [-0.3, -0.25) is 4.90 Å². The van der Waals surface area contributed by atoms with E-state index in [9.17, 15) is 4.79 Å². The largest absolute Gasteiger partial charge is 0.461 e. The molecular weight excluding hydrogens is 310 g/mol. The van der Waals surface area contributed by atoms with Crippen LogP contribution in [0.3, 0.4) is 0 Å². The third kappa shape index (κ3) is 4.09. The van der Waals surface area contributed by atoms with Crippen molar-refractivity contribution in [3.8, 4) is 0 Å². The Morgan fingerprint density at radius 2 is 1.96 bits per heavy atom. The van der Waals surface area contributed by atoms with Crippen molar-refractivity contribution in [3.05, 3.63) is 47.0 Å². The van der Waals surface area contributed by atoms with Gasteiger partial charge >= 0.3 is 5.97 Å². The molecule has 1 aromatic carbocycles. The number of hydrogen-bond acceptors (Lipinski definition) is 6. The van der Waals surface area contributed by atoms with E-state index in [4.69, 9.17) is 4.74 Å². The van der Waals surface area contributed by atoms with Gasteiger partial charge < -0.3 is 9.64 Å². The van der Waals surface area contributed by atoms with Crippen LogP contribution in [-0.2, 0) is 11.3 Å². The van der Waals surface area contributed by atoms with Crippen molar-refractivity contribution in [1.29, 1.82) is 0 Å². The maximum atomic E-state index is 11.7. The average molecular weight is 331 g/mol. The van der Waals surface area contributed by atoms with Gasteiger partial charge in [0, 0.05) is 38.1 Å². The van der Waals surface area contributed by atoms with Gasteiger partial charge in [-0.25, -0.2) is 9.78 Å². The quantitative estimate of drug-likeness (QED) is 0.788. The first kappa shape index (κ1) is 16.0. The van der Waals surface area contributed by atoms with Crippen LogP contribution in [0.5, 0.6) is 0 Å². The Bertz CT molecular complexity index is 636. The molecule has 6 heteroatoms. The van der Waals surface area contributed by atoms with E-state index >= 15 is 0 Å². The number of esters is 1. The van der Waals surface area contributed by atoms with Crippen LogP contribution in [0.4, 0.5) is 5.13 Å². The molecule has 0 unspecified atom stereocenters. The smallest absolute Gasteiger partial charge is 0.357 e. The van der Waals surface area contributed by atoms with Gasteiger partial charge in [0.05, 0.1) is 6.61 Å². The summed E-state index contributed by atoms with van der Waals surface area (Å²) < 4.78 is 4.99. The Labute approximate surface area is 140 Å². The third-order valence-corrected chi connectivity index (χ3v) is 4.77. The Kier molecular flexibility index (Phi) is 5.25. The van der Waals surface area contributed by atoms with E-state index in [0.717, 1.165) is 37.9 Å². The normalized spacial score (nSPS) is 15.6. The van der Waals surface area contributed by atoms with Crippen LogP contribution in [0.15, 0.2) is 35.7 Å². The topological polar surface area (TPSA) is 45.7 Å². The predicted molar refractivity (Wildman–Crippen MR) is 92.0 cm³/mol. The molecule has 0 spiro atoms. The van der Waals surface area contributed by atoms with Crippen LogP contribution in [0.1, 0.15) is 23.0 Å². The molecule has 2 aromatic rings. The van der Waals surface area contributed by atoms with E-state index in [0.29, 0.717) is 12.3 Å². The fraction of sp³-hybridized carbons (Fsp3) is 0.412. The molecule has 2 heterocycles. The molecule has 0 radical (unpaired) electrons. The summed E-state index contributed by atoms with van der Waals surface area (Å²) in [6, 6.07) is 10.5. The zero-order valence-corrected chi connectivity index (χ0v) is 14.1. The molecule has 122 valence electrons. The molecule has 0 atom stereocenters. The Hall–Kier alpha value is -1.92. The molecular formula is C17H21N3O2S. The summed E-state index contributed by atoms with van der Waals surface area (Å²) in [7, 11) is 0. The third-order valence-electron chi connectivity index (χ3n) is 3.87. The summed E-state index contributed by atoms with van der Waals surface area (Å²) in [5.41, 5.74) is 1.76. The number of rotatable bonds is 5. The molecule has 0 saturated carbocycles. The Balaban J connectivity index is 1.54. The molecule has 0 N–H and O–H groups in total. The number of carbonyl (C=O) groups is 1. The zero-order chi connectivity index (χ0) is 16.1. The first-order chi connectivity index (χ1) is 11.3. The maximum absolute atomic E-state index is 11.7. The van der Waals surface area contributed by atoms with Crippen molar-refractivity contribution < 1.29 is 9.53 Å². The second-order valence-corrected chi connectivity index (χ2v) is 6.32. The second kappa shape index (κ2) is 7.57. The van der Waals surface area contributed by atoms with Crippen molar-refractivity contribution >= 4 is 22.4 Å². The number of hydrogen-bond donors (Lipinski definition) is 0. The molecule has 3 rings (SSSR count). The minimum absolute atomic E-state index is 0.335. The highest BCUT2D eigenvalue weighted by Gasteiger charge is 2.21. The number of thiazole rings is 1. The monoisotopic (exact) mass is 331 g/mol. The van der Waals surface area contributed by atoms with Crippen molar-refractivity contribution in [1.82, 2.24) is 9.88 Å². The summed E-state index contributed by atoms with van der Waals surface area (Å²) in [5.74, 6) is -0.335. The fourth-order valence-corrected chi connectivity index (χ4v) is 3.50. The number of nitrogens with zero attached hydrogens (tertiary/aromatic N) is 3. The minimum atomic E-state index is -0.335. The highest BCUT2D eigenvalue weighted by Crippen LogP contribution is 2.22. The lowest BCUT2D eigenvalue weighted by atomic mass is 10.2. The van der Waals surface area contributed by atoms with Gasteiger partial charge in [0.25, 0.3) is 0 Å². The standard InChI is InChI=1S/C17H21N3O2S/c1-2-22-16(21)15-13-23-17(18-15)20-10-8-19(9-11-20)12-14-6-4-3-5-7-14/h3-7,13H,2,8-12H2,1H3. The van der Waals surface area contributed by atoms with Crippen LogP contribution in [0.25, 0.3) is 0 Å². The summed E-state index contributed by atoms with van der Waals surface area (Å²) >= 11 is 1.51. The first-order valence-corrected chi connectivity index (χ1v) is 8.78. The SMILES string of the molecule is CCOC(=O)c1csc(N2CCN(Cc3ccccc3)CC2)n1. The summed E-state index contributed by atoms with van der Waals surface area (Å²) in [5, 5.41) is 2.69. The van der Waals surface area contributed by atoms with Gasteiger partial charge in [-0.2, -0.15) is 0 Å². The van der Waals surface area contributed by atoms with E-state index in [1.165, 1.54) is 16.9 Å². The van der Waals surface area contributed by atoms with Crippen molar-refractivity contribution in [3.63, 3.8) is 0 Å². The molecule has 0 aliphatic carbocycles. The lowest BCUT2D eigenvalue weighted by Gasteiger charge is -2.34. The van der Waals surface area contributed by atoms with Gasteiger partial charge in [-0.1, -0.05) is 30.3 Å². The van der Waals surface area contributed by atoms with Gasteiger partial charge in [-0.05, 0) is 12.5 Å². The lowest BCUT2D eigenvalue weighted by molar-refractivity contribution is 0.0520. The molecule has 1 saturated heterocycles. The number of anilines is 1. The molecule has 5 nitrogen and oxygen atoms in total. The molecule has 23 heavy (non-hydrogen) atoms. The molecule has 1 aromatic heterocycles. The summed E-state index contributed by atoms with van der Waals surface area (Å²) in [6.07, 6.45) is 0. The summed E-state index contributed by atoms with van der Waals surface area (Å²) in [6.45, 7) is 7.04. The van der Waals surface area contributed by atoms with E-state index in [2.05, 4.69) is 39.0 Å². The average Bonchev–Trinajstić information content (AvgIpc) is 3.07. The Morgan fingerprint density at radius 3 is 2.65 bits per heavy atom. The second-order valence-electron chi connectivity index (χ2n) is 5.48. The maximum Gasteiger partial charge on any atom is 0.357 e. The van der Waals surface area contributed by atoms with Crippen LogP contribution >= 0.6 is 11.3 Å². The number of aromatic nitrogens is 1. The fourth-order valence-electron chi connectivity index (χ4n) is 2.65. The van der Waals surface area contributed by atoms with Crippen LogP contribution in [-0.4, -0.2) is 48.6 Å². The highest BCUT2D eigenvalue weighted by molar-refractivity contribution is 7.13. The number of ether oxygens (including phenoxy) is 1. The van der Waals surface area contributed by atoms with Crippen molar-refractivity contribution in [2.45, 2.75) is 13.5 Å². The van der Waals surface area contributed by atoms with Gasteiger partial charge in [0.1, 0.15) is 0 Å². The zero-order valence-electron chi connectivity index (χ0n) is 13.3. The number of piperazine rings is 1. The first-order valence-electron chi connectivity index (χ1n) is 7.90. The lowest BCUT2D eigenvalue weighted by Crippen LogP contribution is -2.45. The molecule has 0 bridgehead atoms. The highest BCUT2D eigenvalue weighted by atomic mass is 32.1. The minimum Gasteiger partial charge on any atom is -0.461 e. The number of carbonyl (C=O) groups excluding carboxylic acids is 1. The van der Waals surface area contributed by atoms with Gasteiger partial charge in [0.2, 0.25) is 0 Å². The van der Waals surface area contributed by atoms with E-state index in [-0.39, 0.29) is 5.97 Å². The van der Waals surface area contributed by atoms with E-state index in [1.807, 2.05) is 6.07 Å².